The Hall–Kier alpha value is -1.15. The molecule has 0 radical (unpaired) electrons. The Kier molecular flexibility index (Phi) is 6.95. The third-order valence-corrected chi connectivity index (χ3v) is 7.87. The molecule has 1 aromatic carbocycles. The van der Waals surface area contributed by atoms with Gasteiger partial charge in [-0.15, -0.1) is 12.4 Å². The molecule has 2 aliphatic heterocycles. The van der Waals surface area contributed by atoms with Gasteiger partial charge in [0.15, 0.2) is 0 Å². The molecule has 27 heavy (non-hydrogen) atoms. The minimum Gasteiger partial charge on any atom is -0.339 e. The van der Waals surface area contributed by atoms with Crippen LogP contribution in [-0.2, 0) is 10.0 Å². The van der Waals surface area contributed by atoms with Crippen molar-refractivity contribution in [1.82, 2.24) is 14.5 Å². The lowest BCUT2D eigenvalue weighted by Crippen LogP contribution is -2.48. The molecule has 8 heteroatoms. The minimum absolute atomic E-state index is 0. The Balaban J connectivity index is 0.00000261. The number of rotatable bonds is 5. The van der Waals surface area contributed by atoms with E-state index in [0.29, 0.717) is 17.6 Å². The molecule has 0 spiro atoms. The van der Waals surface area contributed by atoms with E-state index in [1.165, 1.54) is 29.3 Å². The predicted octanol–water partition coefficient (Wildman–Crippen LogP) is 2.49. The smallest absolute Gasteiger partial charge is 0.253 e. The van der Waals surface area contributed by atoms with Crippen molar-refractivity contribution in [3.63, 3.8) is 0 Å². The summed E-state index contributed by atoms with van der Waals surface area (Å²) in [5.74, 6) is -0.0440. The standard InChI is InChI=1S/C19H29N3O3S.ClH/c1-13(2)22(4)26(24,25)18-9-5-14(6-10-18)19(23)21(3)17-11-15-7-8-16(12-17)20-15;/h5-6,9-10,13,15-17,20H,7-8,11-12H2,1-4H3;1H. The summed E-state index contributed by atoms with van der Waals surface area (Å²) in [5, 5.41) is 3.59. The van der Waals surface area contributed by atoms with E-state index in [1.54, 1.807) is 19.2 Å². The molecule has 2 saturated heterocycles. The summed E-state index contributed by atoms with van der Waals surface area (Å²) in [7, 11) is -0.104. The lowest BCUT2D eigenvalue weighted by atomic mass is 9.98. The van der Waals surface area contributed by atoms with Gasteiger partial charge in [-0.25, -0.2) is 8.42 Å². The molecule has 2 fully saturated rings. The van der Waals surface area contributed by atoms with Crippen LogP contribution in [0.2, 0.25) is 0 Å². The fourth-order valence-electron chi connectivity index (χ4n) is 3.93. The van der Waals surface area contributed by atoms with Crippen LogP contribution >= 0.6 is 12.4 Å². The molecule has 3 rings (SSSR count). The number of fused-ring (bicyclic) bond motifs is 2. The highest BCUT2D eigenvalue weighted by Gasteiger charge is 2.36. The number of carbonyl (C=O) groups excluding carboxylic acids is 1. The maximum atomic E-state index is 12.8. The van der Waals surface area contributed by atoms with Gasteiger partial charge >= 0.3 is 0 Å². The highest BCUT2D eigenvalue weighted by Crippen LogP contribution is 2.30. The number of benzene rings is 1. The predicted molar refractivity (Wildman–Crippen MR) is 109 cm³/mol. The zero-order valence-corrected chi connectivity index (χ0v) is 18.0. The number of carbonyl (C=O) groups is 1. The lowest BCUT2D eigenvalue weighted by molar-refractivity contribution is 0.0681. The molecular formula is C19H30ClN3O3S. The summed E-state index contributed by atoms with van der Waals surface area (Å²) in [6.45, 7) is 3.66. The zero-order valence-electron chi connectivity index (χ0n) is 16.4. The van der Waals surface area contributed by atoms with Crippen molar-refractivity contribution in [3.8, 4) is 0 Å². The summed E-state index contributed by atoms with van der Waals surface area (Å²) >= 11 is 0. The van der Waals surface area contributed by atoms with E-state index in [2.05, 4.69) is 5.32 Å². The summed E-state index contributed by atoms with van der Waals surface area (Å²) < 4.78 is 26.4. The zero-order chi connectivity index (χ0) is 19.1. The van der Waals surface area contributed by atoms with Crippen LogP contribution in [0.25, 0.3) is 0 Å². The van der Waals surface area contributed by atoms with Crippen LogP contribution in [0.1, 0.15) is 49.9 Å². The van der Waals surface area contributed by atoms with Crippen molar-refractivity contribution in [2.75, 3.05) is 14.1 Å². The van der Waals surface area contributed by atoms with Gasteiger partial charge < -0.3 is 10.2 Å². The highest BCUT2D eigenvalue weighted by atomic mass is 35.5. The van der Waals surface area contributed by atoms with Crippen molar-refractivity contribution in [3.05, 3.63) is 29.8 Å². The fraction of sp³-hybridized carbons (Fsp3) is 0.632. The van der Waals surface area contributed by atoms with Crippen LogP contribution in [0.15, 0.2) is 29.2 Å². The Morgan fingerprint density at radius 2 is 1.59 bits per heavy atom. The Morgan fingerprint density at radius 1 is 1.07 bits per heavy atom. The minimum atomic E-state index is -3.53. The number of sulfonamides is 1. The Bertz CT molecular complexity index is 755. The average molecular weight is 416 g/mol. The molecule has 2 bridgehead atoms. The summed E-state index contributed by atoms with van der Waals surface area (Å²) in [6.07, 6.45) is 4.37. The van der Waals surface area contributed by atoms with Crippen molar-refractivity contribution in [2.24, 2.45) is 0 Å². The molecule has 2 aliphatic rings. The normalized spacial score (nSPS) is 24.7. The second-order valence-corrected chi connectivity index (χ2v) is 9.82. The number of hydrogen-bond acceptors (Lipinski definition) is 4. The molecular weight excluding hydrogens is 386 g/mol. The molecule has 152 valence electrons. The third-order valence-electron chi connectivity index (χ3n) is 5.82. The number of halogens is 1. The van der Waals surface area contributed by atoms with E-state index in [-0.39, 0.29) is 35.3 Å². The maximum Gasteiger partial charge on any atom is 0.253 e. The van der Waals surface area contributed by atoms with Gasteiger partial charge in [0.25, 0.3) is 5.91 Å². The Labute approximate surface area is 168 Å². The van der Waals surface area contributed by atoms with Crippen molar-refractivity contribution in [1.29, 1.82) is 0 Å². The van der Waals surface area contributed by atoms with E-state index in [9.17, 15) is 13.2 Å². The van der Waals surface area contributed by atoms with Crippen LogP contribution in [0, 0.1) is 0 Å². The number of nitrogens with zero attached hydrogens (tertiary/aromatic N) is 2. The quantitative estimate of drug-likeness (QED) is 0.802. The monoisotopic (exact) mass is 415 g/mol. The van der Waals surface area contributed by atoms with Gasteiger partial charge in [-0.3, -0.25) is 4.79 Å². The number of nitrogens with one attached hydrogen (secondary N) is 1. The van der Waals surface area contributed by atoms with E-state index in [0.717, 1.165) is 12.8 Å². The second kappa shape index (κ2) is 8.47. The molecule has 2 heterocycles. The topological polar surface area (TPSA) is 69.7 Å². The third kappa shape index (κ3) is 4.47. The molecule has 1 aromatic rings. The maximum absolute atomic E-state index is 12.8. The largest absolute Gasteiger partial charge is 0.339 e. The average Bonchev–Trinajstić information content (AvgIpc) is 2.97. The van der Waals surface area contributed by atoms with Gasteiger partial charge in [0, 0.05) is 43.8 Å². The van der Waals surface area contributed by atoms with Gasteiger partial charge in [-0.05, 0) is 63.8 Å². The van der Waals surface area contributed by atoms with Crippen molar-refractivity contribution >= 4 is 28.3 Å². The first-order valence-electron chi connectivity index (χ1n) is 9.31. The summed E-state index contributed by atoms with van der Waals surface area (Å²) in [6, 6.07) is 7.47. The van der Waals surface area contributed by atoms with Crippen LogP contribution in [0.4, 0.5) is 0 Å². The first kappa shape index (κ1) is 22.1. The second-order valence-electron chi connectivity index (χ2n) is 7.82. The van der Waals surface area contributed by atoms with Gasteiger partial charge in [0.2, 0.25) is 10.0 Å². The highest BCUT2D eigenvalue weighted by molar-refractivity contribution is 7.89. The van der Waals surface area contributed by atoms with E-state index in [4.69, 9.17) is 0 Å². The molecule has 1 amide bonds. The molecule has 0 saturated carbocycles. The van der Waals surface area contributed by atoms with Crippen molar-refractivity contribution in [2.45, 2.75) is 68.6 Å². The van der Waals surface area contributed by atoms with Crippen LogP contribution in [0.3, 0.4) is 0 Å². The van der Waals surface area contributed by atoms with Gasteiger partial charge in [0.1, 0.15) is 0 Å². The first-order chi connectivity index (χ1) is 12.2. The molecule has 2 unspecified atom stereocenters. The number of amides is 1. The molecule has 6 nitrogen and oxygen atoms in total. The summed E-state index contributed by atoms with van der Waals surface area (Å²) in [4.78, 5) is 14.9. The van der Waals surface area contributed by atoms with E-state index >= 15 is 0 Å². The molecule has 2 atom stereocenters. The van der Waals surface area contributed by atoms with Gasteiger partial charge in [0.05, 0.1) is 4.90 Å². The number of piperidine rings is 1. The van der Waals surface area contributed by atoms with Gasteiger partial charge in [-0.1, -0.05) is 0 Å². The van der Waals surface area contributed by atoms with Crippen LogP contribution < -0.4 is 5.32 Å². The Morgan fingerprint density at radius 3 is 2.07 bits per heavy atom. The van der Waals surface area contributed by atoms with Crippen LogP contribution in [0.5, 0.6) is 0 Å². The van der Waals surface area contributed by atoms with Crippen LogP contribution in [-0.4, -0.2) is 61.8 Å². The first-order valence-corrected chi connectivity index (χ1v) is 10.8. The number of hydrogen-bond donors (Lipinski definition) is 1. The molecule has 0 aromatic heterocycles. The molecule has 0 aliphatic carbocycles. The van der Waals surface area contributed by atoms with E-state index < -0.39 is 10.0 Å². The fourth-order valence-corrected chi connectivity index (χ4v) is 5.29. The van der Waals surface area contributed by atoms with Crippen molar-refractivity contribution < 1.29 is 13.2 Å². The lowest BCUT2D eigenvalue weighted by Gasteiger charge is -2.35. The van der Waals surface area contributed by atoms with Gasteiger partial charge in [-0.2, -0.15) is 4.31 Å². The SMILES string of the molecule is CC(C)N(C)S(=O)(=O)c1ccc(C(=O)N(C)C2CC3CCC(C2)N3)cc1.Cl. The van der Waals surface area contributed by atoms with E-state index in [1.807, 2.05) is 25.8 Å². The molecule has 1 N–H and O–H groups in total. The summed E-state index contributed by atoms with van der Waals surface area (Å²) in [5.41, 5.74) is 0.532.